The van der Waals surface area contributed by atoms with E-state index in [0.717, 1.165) is 18.6 Å². The largest absolute Gasteiger partial charge is 0.349 e. The molecule has 1 aliphatic heterocycles. The first-order chi connectivity index (χ1) is 4.34. The lowest BCUT2D eigenvalue weighted by atomic mass is 10.2. The standard InChI is InChI=1S/C7H12O2/c1-3-8-7-6(2)4-5-9-7/h7H,2-5H2,1H3. The van der Waals surface area contributed by atoms with Gasteiger partial charge in [0.2, 0.25) is 0 Å². The van der Waals surface area contributed by atoms with Gasteiger partial charge in [-0.3, -0.25) is 0 Å². The van der Waals surface area contributed by atoms with Crippen LogP contribution in [0.1, 0.15) is 13.3 Å². The van der Waals surface area contributed by atoms with Crippen LogP contribution in [0.5, 0.6) is 0 Å². The van der Waals surface area contributed by atoms with Gasteiger partial charge in [0.15, 0.2) is 6.29 Å². The summed E-state index contributed by atoms with van der Waals surface area (Å²) < 4.78 is 10.4. The predicted molar refractivity (Wildman–Crippen MR) is 35.1 cm³/mol. The Bertz CT molecular complexity index is 109. The van der Waals surface area contributed by atoms with Crippen LogP contribution in [0.2, 0.25) is 0 Å². The molecule has 52 valence electrons. The highest BCUT2D eigenvalue weighted by Crippen LogP contribution is 2.18. The molecule has 2 nitrogen and oxygen atoms in total. The van der Waals surface area contributed by atoms with Gasteiger partial charge in [-0.25, -0.2) is 0 Å². The summed E-state index contributed by atoms with van der Waals surface area (Å²) in [7, 11) is 0. The molecule has 0 bridgehead atoms. The normalized spacial score (nSPS) is 27.2. The zero-order chi connectivity index (χ0) is 6.69. The Hall–Kier alpha value is -0.340. The lowest BCUT2D eigenvalue weighted by Crippen LogP contribution is -2.11. The highest BCUT2D eigenvalue weighted by Gasteiger charge is 2.18. The molecular weight excluding hydrogens is 116 g/mol. The molecule has 0 aromatic carbocycles. The van der Waals surface area contributed by atoms with Gasteiger partial charge in [0, 0.05) is 6.61 Å². The van der Waals surface area contributed by atoms with Crippen LogP contribution >= 0.6 is 0 Å². The predicted octanol–water partition coefficient (Wildman–Crippen LogP) is 1.33. The van der Waals surface area contributed by atoms with Crippen molar-refractivity contribution in [3.63, 3.8) is 0 Å². The van der Waals surface area contributed by atoms with E-state index in [4.69, 9.17) is 9.47 Å². The summed E-state index contributed by atoms with van der Waals surface area (Å²) >= 11 is 0. The molecule has 0 N–H and O–H groups in total. The van der Waals surface area contributed by atoms with Gasteiger partial charge in [-0.05, 0) is 18.9 Å². The van der Waals surface area contributed by atoms with E-state index in [-0.39, 0.29) is 6.29 Å². The molecule has 0 spiro atoms. The second kappa shape index (κ2) is 2.99. The fraction of sp³-hybridized carbons (Fsp3) is 0.714. The zero-order valence-corrected chi connectivity index (χ0v) is 5.72. The molecule has 0 saturated carbocycles. The van der Waals surface area contributed by atoms with Crippen LogP contribution in [0.25, 0.3) is 0 Å². The third kappa shape index (κ3) is 1.53. The van der Waals surface area contributed by atoms with Gasteiger partial charge >= 0.3 is 0 Å². The Morgan fingerprint density at radius 1 is 1.89 bits per heavy atom. The van der Waals surface area contributed by atoms with E-state index in [1.54, 1.807) is 0 Å². The van der Waals surface area contributed by atoms with Crippen LogP contribution in [0.15, 0.2) is 12.2 Å². The fourth-order valence-corrected chi connectivity index (χ4v) is 0.850. The van der Waals surface area contributed by atoms with Crippen LogP contribution in [0, 0.1) is 0 Å². The van der Waals surface area contributed by atoms with Crippen molar-refractivity contribution >= 4 is 0 Å². The van der Waals surface area contributed by atoms with Gasteiger partial charge in [0.05, 0.1) is 6.61 Å². The number of hydrogen-bond donors (Lipinski definition) is 0. The van der Waals surface area contributed by atoms with Crippen molar-refractivity contribution in [2.24, 2.45) is 0 Å². The van der Waals surface area contributed by atoms with Crippen molar-refractivity contribution in [2.75, 3.05) is 13.2 Å². The third-order valence-corrected chi connectivity index (χ3v) is 1.34. The molecule has 0 aliphatic carbocycles. The van der Waals surface area contributed by atoms with Crippen molar-refractivity contribution in [2.45, 2.75) is 19.6 Å². The Morgan fingerprint density at radius 2 is 2.67 bits per heavy atom. The highest BCUT2D eigenvalue weighted by molar-refractivity contribution is 5.02. The molecule has 1 aliphatic rings. The maximum Gasteiger partial charge on any atom is 0.179 e. The maximum atomic E-state index is 5.19. The number of ether oxygens (including phenoxy) is 2. The first kappa shape index (κ1) is 6.78. The lowest BCUT2D eigenvalue weighted by molar-refractivity contribution is -0.0880. The quantitative estimate of drug-likeness (QED) is 0.522. The van der Waals surface area contributed by atoms with Gasteiger partial charge in [-0.2, -0.15) is 0 Å². The molecule has 0 amide bonds. The van der Waals surface area contributed by atoms with E-state index < -0.39 is 0 Å². The molecule has 1 unspecified atom stereocenters. The maximum absolute atomic E-state index is 5.19. The number of rotatable bonds is 2. The molecule has 2 heteroatoms. The summed E-state index contributed by atoms with van der Waals surface area (Å²) in [5.74, 6) is 0. The molecule has 1 heterocycles. The van der Waals surface area contributed by atoms with E-state index in [1.165, 1.54) is 0 Å². The van der Waals surface area contributed by atoms with Crippen molar-refractivity contribution in [3.05, 3.63) is 12.2 Å². The van der Waals surface area contributed by atoms with Gasteiger partial charge < -0.3 is 9.47 Å². The van der Waals surface area contributed by atoms with E-state index in [0.29, 0.717) is 6.61 Å². The smallest absolute Gasteiger partial charge is 0.179 e. The minimum absolute atomic E-state index is 0.116. The monoisotopic (exact) mass is 128 g/mol. The summed E-state index contributed by atoms with van der Waals surface area (Å²) in [4.78, 5) is 0. The Balaban J connectivity index is 2.31. The second-order valence-corrected chi connectivity index (χ2v) is 2.07. The van der Waals surface area contributed by atoms with Crippen molar-refractivity contribution in [3.8, 4) is 0 Å². The summed E-state index contributed by atoms with van der Waals surface area (Å²) in [6.45, 7) is 7.22. The van der Waals surface area contributed by atoms with Gasteiger partial charge in [0.1, 0.15) is 0 Å². The molecule has 0 radical (unpaired) electrons. The minimum Gasteiger partial charge on any atom is -0.349 e. The highest BCUT2D eigenvalue weighted by atomic mass is 16.7. The molecule has 1 fully saturated rings. The average Bonchev–Trinajstić information content (AvgIpc) is 2.18. The Kier molecular flexibility index (Phi) is 2.25. The summed E-state index contributed by atoms with van der Waals surface area (Å²) in [6.07, 6.45) is 0.833. The molecule has 0 aromatic rings. The zero-order valence-electron chi connectivity index (χ0n) is 5.72. The average molecular weight is 128 g/mol. The van der Waals surface area contributed by atoms with Crippen LogP contribution < -0.4 is 0 Å². The van der Waals surface area contributed by atoms with Gasteiger partial charge in [-0.1, -0.05) is 6.58 Å². The summed E-state index contributed by atoms with van der Waals surface area (Å²) in [5, 5.41) is 0. The number of hydrogen-bond acceptors (Lipinski definition) is 2. The first-order valence-corrected chi connectivity index (χ1v) is 3.25. The molecule has 1 rings (SSSR count). The van der Waals surface area contributed by atoms with Crippen LogP contribution in [-0.2, 0) is 9.47 Å². The van der Waals surface area contributed by atoms with Crippen molar-refractivity contribution in [1.29, 1.82) is 0 Å². The Morgan fingerprint density at radius 3 is 3.11 bits per heavy atom. The topological polar surface area (TPSA) is 18.5 Å². The first-order valence-electron chi connectivity index (χ1n) is 3.25. The summed E-state index contributed by atoms with van der Waals surface area (Å²) in [6, 6.07) is 0. The van der Waals surface area contributed by atoms with Crippen LogP contribution in [0.3, 0.4) is 0 Å². The van der Waals surface area contributed by atoms with E-state index in [9.17, 15) is 0 Å². The Labute approximate surface area is 55.5 Å². The van der Waals surface area contributed by atoms with Crippen molar-refractivity contribution < 1.29 is 9.47 Å². The lowest BCUT2D eigenvalue weighted by Gasteiger charge is -2.08. The molecule has 0 aromatic heterocycles. The second-order valence-electron chi connectivity index (χ2n) is 2.07. The summed E-state index contributed by atoms with van der Waals surface area (Å²) in [5.41, 5.74) is 1.07. The SMILES string of the molecule is C=C1CCOC1OCC. The fourth-order valence-electron chi connectivity index (χ4n) is 0.850. The molecule has 1 saturated heterocycles. The van der Waals surface area contributed by atoms with Gasteiger partial charge in [-0.15, -0.1) is 0 Å². The molecular formula is C7H12O2. The van der Waals surface area contributed by atoms with E-state index in [2.05, 4.69) is 6.58 Å². The van der Waals surface area contributed by atoms with Crippen LogP contribution in [0.4, 0.5) is 0 Å². The third-order valence-electron chi connectivity index (χ3n) is 1.34. The van der Waals surface area contributed by atoms with Crippen LogP contribution in [-0.4, -0.2) is 19.5 Å². The van der Waals surface area contributed by atoms with E-state index in [1.807, 2.05) is 6.92 Å². The minimum atomic E-state index is -0.116. The molecule has 9 heavy (non-hydrogen) atoms. The van der Waals surface area contributed by atoms with Crippen molar-refractivity contribution in [1.82, 2.24) is 0 Å². The molecule has 1 atom stereocenters. The van der Waals surface area contributed by atoms with Gasteiger partial charge in [0.25, 0.3) is 0 Å². The van der Waals surface area contributed by atoms with E-state index >= 15 is 0 Å².